The van der Waals surface area contributed by atoms with Gasteiger partial charge in [0.05, 0.1) is 9.85 Å². The number of hydrogen-bond acceptors (Lipinski definition) is 4. The van der Waals surface area contributed by atoms with E-state index in [9.17, 15) is 8.42 Å². The summed E-state index contributed by atoms with van der Waals surface area (Å²) in [5.41, 5.74) is 1.88. The average Bonchev–Trinajstić information content (AvgIpc) is 3.09. The molecule has 4 rings (SSSR count). The van der Waals surface area contributed by atoms with Gasteiger partial charge in [0.25, 0.3) is 10.0 Å². The van der Waals surface area contributed by atoms with Crippen molar-refractivity contribution in [3.05, 3.63) is 52.5 Å². The third-order valence-corrected chi connectivity index (χ3v) is 7.58. The average molecular weight is 367 g/mol. The molecule has 1 aromatic carbocycles. The highest BCUT2D eigenvalue weighted by atomic mass is 35.5. The third-order valence-electron chi connectivity index (χ3n) is 4.19. The molecular weight excluding hydrogens is 352 g/mol. The zero-order valence-corrected chi connectivity index (χ0v) is 14.7. The van der Waals surface area contributed by atoms with Crippen LogP contribution >= 0.6 is 22.9 Å². The monoisotopic (exact) mass is 366 g/mol. The largest absolute Gasteiger partial charge is 0.299 e. The fourth-order valence-corrected chi connectivity index (χ4v) is 5.79. The van der Waals surface area contributed by atoms with Gasteiger partial charge in [-0.25, -0.2) is 3.97 Å². The Balaban J connectivity index is 1.80. The van der Waals surface area contributed by atoms with Gasteiger partial charge in [-0.2, -0.15) is 8.42 Å². The Morgan fingerprint density at radius 2 is 1.96 bits per heavy atom. The fourth-order valence-electron chi connectivity index (χ4n) is 2.87. The molecule has 0 amide bonds. The molecule has 0 N–H and O–H groups in total. The van der Waals surface area contributed by atoms with Crippen molar-refractivity contribution in [2.24, 2.45) is 0 Å². The lowest BCUT2D eigenvalue weighted by molar-refractivity contribution is 0.173. The summed E-state index contributed by atoms with van der Waals surface area (Å²) in [6.07, 6.45) is 2.87. The number of nitrogens with zero attached hydrogens (tertiary/aromatic N) is 2. The predicted octanol–water partition coefficient (Wildman–Crippen LogP) is 3.80. The van der Waals surface area contributed by atoms with Gasteiger partial charge < -0.3 is 0 Å². The Bertz CT molecular complexity index is 971. The second-order valence-corrected chi connectivity index (χ2v) is 9.41. The Morgan fingerprint density at radius 1 is 1.13 bits per heavy atom. The molecule has 0 aliphatic carbocycles. The second-order valence-electron chi connectivity index (χ2n) is 5.65. The molecule has 1 saturated heterocycles. The first kappa shape index (κ1) is 15.2. The summed E-state index contributed by atoms with van der Waals surface area (Å²) in [5, 5.41) is 0.991. The van der Waals surface area contributed by atoms with Crippen LogP contribution in [0.2, 0.25) is 4.34 Å². The molecule has 2 aromatic heterocycles. The third kappa shape index (κ3) is 2.59. The molecule has 0 unspecified atom stereocenters. The van der Waals surface area contributed by atoms with Crippen LogP contribution in [0.25, 0.3) is 10.9 Å². The van der Waals surface area contributed by atoms with E-state index >= 15 is 0 Å². The molecule has 0 spiro atoms. The first-order valence-electron chi connectivity index (χ1n) is 7.38. The first-order valence-corrected chi connectivity index (χ1v) is 10.0. The molecule has 1 aliphatic rings. The zero-order valence-electron chi connectivity index (χ0n) is 12.3. The van der Waals surface area contributed by atoms with Crippen molar-refractivity contribution < 1.29 is 8.42 Å². The van der Waals surface area contributed by atoms with Crippen molar-refractivity contribution in [2.75, 3.05) is 13.1 Å². The molecule has 0 bridgehead atoms. The summed E-state index contributed by atoms with van der Waals surface area (Å²) >= 11 is 6.97. The molecule has 0 radical (unpaired) electrons. The summed E-state index contributed by atoms with van der Waals surface area (Å²) in [6, 6.07) is 10.9. The standard InChI is InChI=1S/C16H15ClN2O2S2/c17-15-5-6-16(22-15)23(20,21)19-10-7-13-12(3-1-4-14(13)19)11-18-8-2-9-18/h1,3-7,10H,2,8-9,11H2. The highest BCUT2D eigenvalue weighted by Gasteiger charge is 2.22. The van der Waals surface area contributed by atoms with E-state index in [2.05, 4.69) is 11.0 Å². The van der Waals surface area contributed by atoms with E-state index in [1.165, 1.54) is 16.0 Å². The van der Waals surface area contributed by atoms with Gasteiger partial charge in [0.2, 0.25) is 0 Å². The van der Waals surface area contributed by atoms with Crippen molar-refractivity contribution in [2.45, 2.75) is 17.2 Å². The van der Waals surface area contributed by atoms with Crippen LogP contribution in [0.4, 0.5) is 0 Å². The van der Waals surface area contributed by atoms with Gasteiger partial charge in [-0.15, -0.1) is 11.3 Å². The lowest BCUT2D eigenvalue weighted by Crippen LogP contribution is -2.36. The van der Waals surface area contributed by atoms with E-state index in [4.69, 9.17) is 11.6 Å². The fraction of sp³-hybridized carbons (Fsp3) is 0.250. The Hall–Kier alpha value is -1.34. The number of likely N-dealkylation sites (tertiary alicyclic amines) is 1. The number of halogens is 1. The van der Waals surface area contributed by atoms with Crippen LogP contribution < -0.4 is 0 Å². The maximum Gasteiger partial charge on any atom is 0.277 e. The lowest BCUT2D eigenvalue weighted by atomic mass is 10.1. The molecule has 1 aliphatic heterocycles. The molecule has 4 nitrogen and oxygen atoms in total. The highest BCUT2D eigenvalue weighted by Crippen LogP contribution is 2.31. The SMILES string of the molecule is O=S(=O)(c1ccc(Cl)s1)n1ccc2c(CN3CCC3)cccc21. The van der Waals surface area contributed by atoms with Crippen LogP contribution in [0.15, 0.2) is 46.8 Å². The van der Waals surface area contributed by atoms with Crippen molar-refractivity contribution in [1.82, 2.24) is 8.87 Å². The van der Waals surface area contributed by atoms with Crippen LogP contribution in [0.5, 0.6) is 0 Å². The van der Waals surface area contributed by atoms with Crippen molar-refractivity contribution in [1.29, 1.82) is 0 Å². The number of benzene rings is 1. The molecule has 0 atom stereocenters. The molecule has 23 heavy (non-hydrogen) atoms. The van der Waals surface area contributed by atoms with Crippen LogP contribution in [0.3, 0.4) is 0 Å². The van der Waals surface area contributed by atoms with Gasteiger partial charge >= 0.3 is 0 Å². The zero-order chi connectivity index (χ0) is 16.0. The first-order chi connectivity index (χ1) is 11.1. The second kappa shape index (κ2) is 5.63. The van der Waals surface area contributed by atoms with Crippen molar-refractivity contribution in [3.63, 3.8) is 0 Å². The van der Waals surface area contributed by atoms with Gasteiger partial charge in [-0.3, -0.25) is 4.90 Å². The Kier molecular flexibility index (Phi) is 3.72. The van der Waals surface area contributed by atoms with Crippen LogP contribution in [-0.2, 0) is 16.6 Å². The molecule has 0 saturated carbocycles. The molecular formula is C16H15ClN2O2S2. The van der Waals surface area contributed by atoms with Gasteiger partial charge in [0.1, 0.15) is 4.21 Å². The van der Waals surface area contributed by atoms with Crippen molar-refractivity contribution >= 4 is 43.9 Å². The smallest absolute Gasteiger partial charge is 0.277 e. The van der Waals surface area contributed by atoms with Gasteiger partial charge in [0.15, 0.2) is 0 Å². The minimum atomic E-state index is -3.60. The van der Waals surface area contributed by atoms with Gasteiger partial charge in [-0.05, 0) is 49.3 Å². The summed E-state index contributed by atoms with van der Waals surface area (Å²) in [6.45, 7) is 3.10. The maximum absolute atomic E-state index is 12.8. The van der Waals surface area contributed by atoms with E-state index in [1.54, 1.807) is 18.3 Å². The quantitative estimate of drug-likeness (QED) is 0.705. The Labute approximate surface area is 144 Å². The van der Waals surface area contributed by atoms with Crippen molar-refractivity contribution in [3.8, 4) is 0 Å². The summed E-state index contributed by atoms with van der Waals surface area (Å²) in [7, 11) is -3.60. The highest BCUT2D eigenvalue weighted by molar-refractivity contribution is 7.92. The van der Waals surface area contributed by atoms with Crippen LogP contribution in [0.1, 0.15) is 12.0 Å². The number of fused-ring (bicyclic) bond motifs is 1. The summed E-state index contributed by atoms with van der Waals surface area (Å²) < 4.78 is 27.7. The summed E-state index contributed by atoms with van der Waals surface area (Å²) in [5.74, 6) is 0. The van der Waals surface area contributed by atoms with E-state index in [1.807, 2.05) is 18.2 Å². The number of thiophene rings is 1. The molecule has 120 valence electrons. The normalized spacial score (nSPS) is 15.9. The molecule has 3 heterocycles. The number of aromatic nitrogens is 1. The topological polar surface area (TPSA) is 42.3 Å². The number of hydrogen-bond donors (Lipinski definition) is 0. The van der Waals surface area contributed by atoms with Gasteiger partial charge in [-0.1, -0.05) is 23.7 Å². The molecule has 7 heteroatoms. The lowest BCUT2D eigenvalue weighted by Gasteiger charge is -2.30. The van der Waals surface area contributed by atoms with Gasteiger partial charge in [0, 0.05) is 18.1 Å². The summed E-state index contributed by atoms with van der Waals surface area (Å²) in [4.78, 5) is 2.36. The van der Waals surface area contributed by atoms with E-state index in [0.717, 1.165) is 36.4 Å². The predicted molar refractivity (Wildman–Crippen MR) is 93.7 cm³/mol. The Morgan fingerprint density at radius 3 is 2.61 bits per heavy atom. The number of rotatable bonds is 4. The maximum atomic E-state index is 12.8. The van der Waals surface area contributed by atoms with E-state index < -0.39 is 10.0 Å². The van der Waals surface area contributed by atoms with Crippen LogP contribution in [0, 0.1) is 0 Å². The minimum absolute atomic E-state index is 0.258. The minimum Gasteiger partial charge on any atom is -0.299 e. The molecule has 3 aromatic rings. The molecule has 1 fully saturated rings. The van der Waals surface area contributed by atoms with E-state index in [-0.39, 0.29) is 4.21 Å². The van der Waals surface area contributed by atoms with Crippen LogP contribution in [-0.4, -0.2) is 30.4 Å². The van der Waals surface area contributed by atoms with E-state index in [0.29, 0.717) is 9.85 Å².